The molecule has 0 amide bonds. The lowest BCUT2D eigenvalue weighted by Gasteiger charge is -2.08. The van der Waals surface area contributed by atoms with E-state index in [1.54, 1.807) is 24.3 Å². The molecular weight excluding hydrogens is 372 g/mol. The van der Waals surface area contributed by atoms with E-state index in [0.29, 0.717) is 16.7 Å². The zero-order valence-corrected chi connectivity index (χ0v) is 15.1. The van der Waals surface area contributed by atoms with E-state index in [0.717, 1.165) is 4.68 Å². The first-order chi connectivity index (χ1) is 13.0. The third-order valence-electron chi connectivity index (χ3n) is 3.83. The van der Waals surface area contributed by atoms with Crippen LogP contribution in [-0.4, -0.2) is 35.0 Å². The number of nitrogens with one attached hydrogen (secondary N) is 1. The minimum atomic E-state index is -0.576. The molecule has 9 nitrogen and oxygen atoms in total. The van der Waals surface area contributed by atoms with E-state index in [2.05, 4.69) is 10.1 Å². The Morgan fingerprint density at radius 3 is 2.56 bits per heavy atom. The lowest BCUT2D eigenvalue weighted by atomic mass is 10.1. The minimum Gasteiger partial charge on any atom is -0.493 e. The van der Waals surface area contributed by atoms with Gasteiger partial charge in [0.1, 0.15) is 0 Å². The SMILES string of the molecule is COc1cc(/C=N\n2c(=S)[nH]c3ccccc3c2=O)c([N+](=O)[O-])cc1OC. The monoisotopic (exact) mass is 386 g/mol. The Morgan fingerprint density at radius 1 is 1.22 bits per heavy atom. The summed E-state index contributed by atoms with van der Waals surface area (Å²) < 4.78 is 11.3. The molecule has 0 bridgehead atoms. The Bertz CT molecular complexity index is 1180. The Balaban J connectivity index is 2.17. The van der Waals surface area contributed by atoms with Gasteiger partial charge in [0, 0.05) is 0 Å². The number of H-pyrrole nitrogens is 1. The van der Waals surface area contributed by atoms with Gasteiger partial charge in [-0.1, -0.05) is 12.1 Å². The van der Waals surface area contributed by atoms with Gasteiger partial charge in [-0.15, -0.1) is 0 Å². The lowest BCUT2D eigenvalue weighted by Crippen LogP contribution is -2.18. The second-order valence-electron chi connectivity index (χ2n) is 5.36. The number of rotatable bonds is 5. The molecule has 2 aromatic carbocycles. The van der Waals surface area contributed by atoms with Crippen molar-refractivity contribution in [2.45, 2.75) is 0 Å². The van der Waals surface area contributed by atoms with Crippen LogP contribution in [0.4, 0.5) is 5.69 Å². The van der Waals surface area contributed by atoms with Crippen LogP contribution in [0, 0.1) is 14.9 Å². The number of fused-ring (bicyclic) bond motifs is 1. The van der Waals surface area contributed by atoms with Crippen LogP contribution in [0.3, 0.4) is 0 Å². The number of hydrogen-bond donors (Lipinski definition) is 1. The van der Waals surface area contributed by atoms with Crippen LogP contribution in [0.1, 0.15) is 5.56 Å². The summed E-state index contributed by atoms with van der Waals surface area (Å²) in [5.74, 6) is 0.502. The van der Waals surface area contributed by atoms with Gasteiger partial charge < -0.3 is 14.5 Å². The first-order valence-corrected chi connectivity index (χ1v) is 8.06. The zero-order valence-electron chi connectivity index (χ0n) is 14.3. The van der Waals surface area contributed by atoms with Gasteiger partial charge in [0.05, 0.1) is 47.9 Å². The molecule has 0 unspecified atom stereocenters. The number of nitrogens with zero attached hydrogens (tertiary/aromatic N) is 3. The molecule has 1 N–H and O–H groups in total. The zero-order chi connectivity index (χ0) is 19.6. The second kappa shape index (κ2) is 7.38. The number of nitro benzene ring substituents is 1. The summed E-state index contributed by atoms with van der Waals surface area (Å²) in [6.45, 7) is 0. The van der Waals surface area contributed by atoms with Crippen molar-refractivity contribution in [1.29, 1.82) is 0 Å². The highest BCUT2D eigenvalue weighted by atomic mass is 32.1. The molecule has 138 valence electrons. The third kappa shape index (κ3) is 3.42. The minimum absolute atomic E-state index is 0.0677. The Kier molecular flexibility index (Phi) is 4.99. The highest BCUT2D eigenvalue weighted by Gasteiger charge is 2.18. The predicted octanol–water partition coefficient (Wildman–Crippen LogP) is 2.87. The molecule has 0 saturated heterocycles. The topological polar surface area (TPSA) is 112 Å². The largest absolute Gasteiger partial charge is 0.493 e. The fourth-order valence-electron chi connectivity index (χ4n) is 2.52. The van der Waals surface area contributed by atoms with Crippen molar-refractivity contribution in [1.82, 2.24) is 9.66 Å². The molecule has 0 aliphatic heterocycles. The highest BCUT2D eigenvalue weighted by molar-refractivity contribution is 7.71. The first-order valence-electron chi connectivity index (χ1n) is 7.65. The second-order valence-corrected chi connectivity index (χ2v) is 5.75. The standard InChI is InChI=1S/C17H14N4O5S/c1-25-14-7-10(13(21(23)24)8-15(14)26-2)9-18-20-16(22)11-5-3-4-6-12(11)19-17(20)27/h3-9H,1-2H3,(H,19,27)/b18-9-. The molecule has 0 aliphatic carbocycles. The number of benzene rings is 2. The maximum atomic E-state index is 12.6. The molecular formula is C17H14N4O5S. The summed E-state index contributed by atoms with van der Waals surface area (Å²) in [5, 5.41) is 15.8. The molecule has 3 rings (SSSR count). The van der Waals surface area contributed by atoms with Crippen LogP contribution in [0.25, 0.3) is 10.9 Å². The van der Waals surface area contributed by atoms with Gasteiger partial charge in [-0.3, -0.25) is 14.9 Å². The molecule has 3 aromatic rings. The van der Waals surface area contributed by atoms with Gasteiger partial charge >= 0.3 is 0 Å². The fraction of sp³-hybridized carbons (Fsp3) is 0.118. The molecule has 0 aliphatic rings. The summed E-state index contributed by atoms with van der Waals surface area (Å²) in [4.78, 5) is 26.3. The van der Waals surface area contributed by atoms with Crippen LogP contribution >= 0.6 is 12.2 Å². The predicted molar refractivity (Wildman–Crippen MR) is 103 cm³/mol. The van der Waals surface area contributed by atoms with Gasteiger partial charge in [-0.25, -0.2) is 0 Å². The summed E-state index contributed by atoms with van der Waals surface area (Å²) in [6, 6.07) is 9.47. The first kappa shape index (κ1) is 18.3. The van der Waals surface area contributed by atoms with Crippen LogP contribution in [0.15, 0.2) is 46.3 Å². The fourth-order valence-corrected chi connectivity index (χ4v) is 2.76. The summed E-state index contributed by atoms with van der Waals surface area (Å²) in [7, 11) is 2.79. The highest BCUT2D eigenvalue weighted by Crippen LogP contribution is 2.33. The smallest absolute Gasteiger partial charge is 0.282 e. The van der Waals surface area contributed by atoms with Gasteiger partial charge in [-0.05, 0) is 30.4 Å². The Morgan fingerprint density at radius 2 is 1.89 bits per heavy atom. The molecule has 0 fully saturated rings. The molecule has 27 heavy (non-hydrogen) atoms. The van der Waals surface area contributed by atoms with E-state index >= 15 is 0 Å². The van der Waals surface area contributed by atoms with Gasteiger partial charge in [0.25, 0.3) is 11.2 Å². The van der Waals surface area contributed by atoms with E-state index in [4.69, 9.17) is 21.7 Å². The lowest BCUT2D eigenvalue weighted by molar-refractivity contribution is -0.385. The summed E-state index contributed by atoms with van der Waals surface area (Å²) in [6.07, 6.45) is 1.18. The number of aromatic amines is 1. The van der Waals surface area contributed by atoms with Gasteiger partial charge in [0.2, 0.25) is 4.77 Å². The van der Waals surface area contributed by atoms with Crippen molar-refractivity contribution in [2.24, 2.45) is 5.10 Å². The molecule has 0 saturated carbocycles. The Hall–Kier alpha value is -3.53. The van der Waals surface area contributed by atoms with E-state index < -0.39 is 10.5 Å². The van der Waals surface area contributed by atoms with Gasteiger partial charge in [0.15, 0.2) is 11.5 Å². The molecule has 10 heteroatoms. The maximum Gasteiger partial charge on any atom is 0.282 e. The molecule has 0 radical (unpaired) electrons. The number of ether oxygens (including phenoxy) is 2. The van der Waals surface area contributed by atoms with E-state index in [1.165, 1.54) is 32.6 Å². The summed E-state index contributed by atoms with van der Waals surface area (Å²) >= 11 is 5.17. The van der Waals surface area contributed by atoms with Crippen molar-refractivity contribution in [3.05, 3.63) is 67.2 Å². The van der Waals surface area contributed by atoms with Crippen LogP contribution < -0.4 is 15.0 Å². The molecule has 0 spiro atoms. The van der Waals surface area contributed by atoms with Crippen molar-refractivity contribution in [3.8, 4) is 11.5 Å². The molecule has 1 heterocycles. The van der Waals surface area contributed by atoms with Crippen LogP contribution in [0.2, 0.25) is 0 Å². The number of methoxy groups -OCH3 is 2. The quantitative estimate of drug-likeness (QED) is 0.312. The molecule has 1 aromatic heterocycles. The number of hydrogen-bond acceptors (Lipinski definition) is 7. The summed E-state index contributed by atoms with van der Waals surface area (Å²) in [5.41, 5.74) is 0.0250. The Labute approximate surface area is 157 Å². The number of aromatic nitrogens is 2. The normalized spacial score (nSPS) is 11.0. The van der Waals surface area contributed by atoms with Crippen molar-refractivity contribution in [3.63, 3.8) is 0 Å². The van der Waals surface area contributed by atoms with Crippen molar-refractivity contribution >= 4 is 35.0 Å². The molecule has 0 atom stereocenters. The number of nitro groups is 1. The van der Waals surface area contributed by atoms with E-state index in [1.807, 2.05) is 0 Å². The third-order valence-corrected chi connectivity index (χ3v) is 4.10. The van der Waals surface area contributed by atoms with E-state index in [-0.39, 0.29) is 21.8 Å². The van der Waals surface area contributed by atoms with Crippen molar-refractivity contribution < 1.29 is 14.4 Å². The van der Waals surface area contributed by atoms with Crippen LogP contribution in [0.5, 0.6) is 11.5 Å². The maximum absolute atomic E-state index is 12.6. The number of para-hydroxylation sites is 1. The van der Waals surface area contributed by atoms with Crippen LogP contribution in [-0.2, 0) is 0 Å². The van der Waals surface area contributed by atoms with Gasteiger partial charge in [-0.2, -0.15) is 9.78 Å². The average Bonchev–Trinajstić information content (AvgIpc) is 2.67. The van der Waals surface area contributed by atoms with Crippen molar-refractivity contribution in [2.75, 3.05) is 14.2 Å². The average molecular weight is 386 g/mol. The van der Waals surface area contributed by atoms with E-state index in [9.17, 15) is 14.9 Å².